The standard InChI is InChI=1S/C15H16N2O/c1-10-3-6-12(7-4-10)18-14-8-5-11(2)9-13(14)15(16)17/h3-9H,1-2H3,(H3,16,17). The summed E-state index contributed by atoms with van der Waals surface area (Å²) in [5.74, 6) is 1.37. The summed E-state index contributed by atoms with van der Waals surface area (Å²) >= 11 is 0. The molecule has 0 radical (unpaired) electrons. The molecule has 0 unspecified atom stereocenters. The molecule has 0 heterocycles. The number of amidine groups is 1. The number of nitrogens with two attached hydrogens (primary N) is 1. The summed E-state index contributed by atoms with van der Waals surface area (Å²) in [7, 11) is 0. The lowest BCUT2D eigenvalue weighted by atomic mass is 10.1. The van der Waals surface area contributed by atoms with Gasteiger partial charge in [0.2, 0.25) is 0 Å². The third-order valence-corrected chi connectivity index (χ3v) is 2.67. The van der Waals surface area contributed by atoms with Gasteiger partial charge in [-0.1, -0.05) is 29.3 Å². The molecule has 2 aromatic rings. The summed E-state index contributed by atoms with van der Waals surface area (Å²) < 4.78 is 5.76. The molecule has 18 heavy (non-hydrogen) atoms. The summed E-state index contributed by atoms with van der Waals surface area (Å²) in [6.45, 7) is 3.98. The largest absolute Gasteiger partial charge is 0.457 e. The van der Waals surface area contributed by atoms with Crippen LogP contribution in [0.4, 0.5) is 0 Å². The fraction of sp³-hybridized carbons (Fsp3) is 0.133. The molecule has 0 saturated heterocycles. The van der Waals surface area contributed by atoms with Crippen molar-refractivity contribution in [3.05, 3.63) is 59.2 Å². The smallest absolute Gasteiger partial charge is 0.138 e. The van der Waals surface area contributed by atoms with E-state index >= 15 is 0 Å². The average Bonchev–Trinajstić information content (AvgIpc) is 2.34. The zero-order valence-corrected chi connectivity index (χ0v) is 10.5. The molecule has 2 rings (SSSR count). The second-order valence-corrected chi connectivity index (χ2v) is 4.33. The molecule has 3 heteroatoms. The second-order valence-electron chi connectivity index (χ2n) is 4.33. The quantitative estimate of drug-likeness (QED) is 0.638. The number of nitrogens with one attached hydrogen (secondary N) is 1. The molecule has 0 aromatic heterocycles. The summed E-state index contributed by atoms with van der Waals surface area (Å²) in [4.78, 5) is 0. The van der Waals surface area contributed by atoms with Crippen LogP contribution in [0.5, 0.6) is 11.5 Å². The number of nitrogen functional groups attached to an aromatic ring is 1. The minimum atomic E-state index is 0.0146. The van der Waals surface area contributed by atoms with Gasteiger partial charge < -0.3 is 10.5 Å². The van der Waals surface area contributed by atoms with Gasteiger partial charge in [-0.05, 0) is 38.1 Å². The molecule has 0 amide bonds. The highest BCUT2D eigenvalue weighted by atomic mass is 16.5. The molecule has 0 atom stereocenters. The van der Waals surface area contributed by atoms with Crippen LogP contribution in [0.1, 0.15) is 16.7 Å². The lowest BCUT2D eigenvalue weighted by molar-refractivity contribution is 0.481. The highest BCUT2D eigenvalue weighted by Gasteiger charge is 2.07. The van der Waals surface area contributed by atoms with Crippen molar-refractivity contribution in [2.45, 2.75) is 13.8 Å². The Bertz CT molecular complexity index is 574. The van der Waals surface area contributed by atoms with E-state index in [1.54, 1.807) is 0 Å². The molecule has 3 N–H and O–H groups in total. The van der Waals surface area contributed by atoms with Gasteiger partial charge in [0, 0.05) is 0 Å². The number of rotatable bonds is 3. The maximum absolute atomic E-state index is 7.57. The van der Waals surface area contributed by atoms with Gasteiger partial charge >= 0.3 is 0 Å². The minimum Gasteiger partial charge on any atom is -0.457 e. The third kappa shape index (κ3) is 2.69. The van der Waals surface area contributed by atoms with E-state index in [9.17, 15) is 0 Å². The van der Waals surface area contributed by atoms with Crippen molar-refractivity contribution in [3.63, 3.8) is 0 Å². The first kappa shape index (κ1) is 12.2. The van der Waals surface area contributed by atoms with Gasteiger partial charge in [-0.3, -0.25) is 5.41 Å². The van der Waals surface area contributed by atoms with E-state index in [0.717, 1.165) is 11.3 Å². The van der Waals surface area contributed by atoms with Crippen LogP contribution < -0.4 is 10.5 Å². The maximum Gasteiger partial charge on any atom is 0.138 e. The average molecular weight is 240 g/mol. The van der Waals surface area contributed by atoms with E-state index in [1.807, 2.05) is 56.3 Å². The summed E-state index contributed by atoms with van der Waals surface area (Å²) in [6.07, 6.45) is 0. The molecule has 0 bridgehead atoms. The normalized spacial score (nSPS) is 10.1. The molecular formula is C15H16N2O. The van der Waals surface area contributed by atoms with Crippen LogP contribution in [0.3, 0.4) is 0 Å². The predicted molar refractivity (Wildman–Crippen MR) is 73.4 cm³/mol. The Morgan fingerprint density at radius 3 is 2.22 bits per heavy atom. The van der Waals surface area contributed by atoms with Gasteiger partial charge in [-0.15, -0.1) is 0 Å². The molecular weight excluding hydrogens is 224 g/mol. The Morgan fingerprint density at radius 2 is 1.61 bits per heavy atom. The van der Waals surface area contributed by atoms with Crippen molar-refractivity contribution in [1.29, 1.82) is 5.41 Å². The predicted octanol–water partition coefficient (Wildman–Crippen LogP) is 3.38. The Hall–Kier alpha value is -2.29. The van der Waals surface area contributed by atoms with Crippen LogP contribution in [-0.4, -0.2) is 5.84 Å². The lowest BCUT2D eigenvalue weighted by Crippen LogP contribution is -2.12. The first-order chi connectivity index (χ1) is 8.56. The van der Waals surface area contributed by atoms with E-state index in [1.165, 1.54) is 5.56 Å². The van der Waals surface area contributed by atoms with Crippen molar-refractivity contribution < 1.29 is 4.74 Å². The van der Waals surface area contributed by atoms with Gasteiger partial charge in [0.05, 0.1) is 5.56 Å². The fourth-order valence-electron chi connectivity index (χ4n) is 1.68. The first-order valence-electron chi connectivity index (χ1n) is 5.76. The second kappa shape index (κ2) is 4.92. The highest BCUT2D eigenvalue weighted by molar-refractivity contribution is 5.97. The monoisotopic (exact) mass is 240 g/mol. The van der Waals surface area contributed by atoms with Crippen LogP contribution in [-0.2, 0) is 0 Å². The van der Waals surface area contributed by atoms with Crippen molar-refractivity contribution in [2.24, 2.45) is 5.73 Å². The molecule has 2 aromatic carbocycles. The number of hydrogen-bond donors (Lipinski definition) is 2. The van der Waals surface area contributed by atoms with Crippen LogP contribution >= 0.6 is 0 Å². The minimum absolute atomic E-state index is 0.0146. The lowest BCUT2D eigenvalue weighted by Gasteiger charge is -2.11. The van der Waals surface area contributed by atoms with Crippen molar-refractivity contribution in [2.75, 3.05) is 0 Å². The molecule has 0 aliphatic rings. The third-order valence-electron chi connectivity index (χ3n) is 2.67. The van der Waals surface area contributed by atoms with Crippen LogP contribution in [0.25, 0.3) is 0 Å². The molecule has 3 nitrogen and oxygen atoms in total. The molecule has 0 saturated carbocycles. The van der Waals surface area contributed by atoms with Gasteiger partial charge in [0.25, 0.3) is 0 Å². The van der Waals surface area contributed by atoms with Crippen molar-refractivity contribution >= 4 is 5.84 Å². The van der Waals surface area contributed by atoms with Gasteiger partial charge in [-0.2, -0.15) is 0 Å². The zero-order valence-electron chi connectivity index (χ0n) is 10.5. The maximum atomic E-state index is 7.57. The van der Waals surface area contributed by atoms with E-state index in [-0.39, 0.29) is 5.84 Å². The van der Waals surface area contributed by atoms with Crippen LogP contribution in [0.2, 0.25) is 0 Å². The Balaban J connectivity index is 2.34. The number of aryl methyl sites for hydroxylation is 2. The van der Waals surface area contributed by atoms with Crippen LogP contribution in [0, 0.1) is 19.3 Å². The molecule has 0 aliphatic carbocycles. The number of hydrogen-bond acceptors (Lipinski definition) is 2. The Kier molecular flexibility index (Phi) is 3.33. The SMILES string of the molecule is Cc1ccc(Oc2ccc(C)cc2C(=N)N)cc1. The summed E-state index contributed by atoms with van der Waals surface area (Å²) in [5.41, 5.74) is 8.42. The highest BCUT2D eigenvalue weighted by Crippen LogP contribution is 2.26. The topological polar surface area (TPSA) is 59.1 Å². The Labute approximate surface area is 107 Å². The molecule has 0 aliphatic heterocycles. The van der Waals surface area contributed by atoms with E-state index in [2.05, 4.69) is 0 Å². The van der Waals surface area contributed by atoms with E-state index in [4.69, 9.17) is 15.9 Å². The molecule has 0 spiro atoms. The number of benzene rings is 2. The van der Waals surface area contributed by atoms with E-state index in [0.29, 0.717) is 11.3 Å². The fourth-order valence-corrected chi connectivity index (χ4v) is 1.68. The Morgan fingerprint density at radius 1 is 1.00 bits per heavy atom. The molecule has 92 valence electrons. The summed E-state index contributed by atoms with van der Waals surface area (Å²) in [6, 6.07) is 13.4. The van der Waals surface area contributed by atoms with Gasteiger partial charge in [0.15, 0.2) is 0 Å². The van der Waals surface area contributed by atoms with Gasteiger partial charge in [-0.25, -0.2) is 0 Å². The number of ether oxygens (including phenoxy) is 1. The van der Waals surface area contributed by atoms with Crippen molar-refractivity contribution in [1.82, 2.24) is 0 Å². The van der Waals surface area contributed by atoms with Crippen molar-refractivity contribution in [3.8, 4) is 11.5 Å². The van der Waals surface area contributed by atoms with Gasteiger partial charge in [0.1, 0.15) is 17.3 Å². The molecule has 0 fully saturated rings. The summed E-state index contributed by atoms with van der Waals surface area (Å²) in [5, 5.41) is 7.57. The first-order valence-corrected chi connectivity index (χ1v) is 5.76. The van der Waals surface area contributed by atoms with E-state index < -0.39 is 0 Å². The van der Waals surface area contributed by atoms with Crippen LogP contribution in [0.15, 0.2) is 42.5 Å². The zero-order chi connectivity index (χ0) is 13.1.